The van der Waals surface area contributed by atoms with Crippen LogP contribution >= 0.6 is 11.3 Å². The first-order chi connectivity index (χ1) is 8.33. The van der Waals surface area contributed by atoms with Gasteiger partial charge in [0.05, 0.1) is 0 Å². The molecule has 0 bridgehead atoms. The number of hydrogen-bond donors (Lipinski definition) is 1. The maximum atomic E-state index is 3.74. The Morgan fingerprint density at radius 2 is 2.00 bits per heavy atom. The summed E-state index contributed by atoms with van der Waals surface area (Å²) in [5.74, 6) is 0. The van der Waals surface area contributed by atoms with Gasteiger partial charge in [-0.1, -0.05) is 26.7 Å². The Morgan fingerprint density at radius 3 is 2.65 bits per heavy atom. The highest BCUT2D eigenvalue weighted by Gasteiger charge is 2.15. The largest absolute Gasteiger partial charge is 0.309 e. The predicted octanol–water partition coefficient (Wildman–Crippen LogP) is 4.30. The molecule has 0 atom stereocenters. The van der Waals surface area contributed by atoms with E-state index in [1.54, 1.807) is 15.3 Å². The fourth-order valence-electron chi connectivity index (χ4n) is 2.77. The minimum absolute atomic E-state index is 0.724. The molecular formula is C15H25NS. The van der Waals surface area contributed by atoms with E-state index in [9.17, 15) is 0 Å². The molecule has 1 nitrogen and oxygen atoms in total. The molecule has 1 aromatic rings. The minimum atomic E-state index is 0.724. The van der Waals surface area contributed by atoms with Crippen molar-refractivity contribution in [3.8, 4) is 0 Å². The quantitative estimate of drug-likeness (QED) is 0.762. The summed E-state index contributed by atoms with van der Waals surface area (Å²) < 4.78 is 0. The maximum Gasteiger partial charge on any atom is 0.0302 e. The van der Waals surface area contributed by atoms with Crippen LogP contribution in [-0.4, -0.2) is 6.04 Å². The van der Waals surface area contributed by atoms with E-state index in [1.165, 1.54) is 44.9 Å². The molecule has 2 rings (SSSR count). The Hall–Kier alpha value is -0.340. The van der Waals surface area contributed by atoms with Crippen molar-refractivity contribution in [1.82, 2.24) is 5.32 Å². The zero-order valence-electron chi connectivity index (χ0n) is 11.2. The Kier molecular flexibility index (Phi) is 5.05. The summed E-state index contributed by atoms with van der Waals surface area (Å²) in [4.78, 5) is 3.20. The fourth-order valence-corrected chi connectivity index (χ4v) is 3.98. The topological polar surface area (TPSA) is 12.0 Å². The number of aryl methyl sites for hydroxylation is 2. The van der Waals surface area contributed by atoms with Gasteiger partial charge in [0, 0.05) is 22.3 Å². The summed E-state index contributed by atoms with van der Waals surface area (Å²) in [5.41, 5.74) is 1.63. The third-order valence-electron chi connectivity index (χ3n) is 3.64. The van der Waals surface area contributed by atoms with Crippen LogP contribution in [-0.2, 0) is 19.4 Å². The lowest BCUT2D eigenvalue weighted by atomic mass is 10.1. The van der Waals surface area contributed by atoms with Gasteiger partial charge in [-0.2, -0.15) is 0 Å². The van der Waals surface area contributed by atoms with Crippen LogP contribution in [0.3, 0.4) is 0 Å². The number of thiophene rings is 1. The molecule has 1 aliphatic carbocycles. The van der Waals surface area contributed by atoms with Crippen molar-refractivity contribution < 1.29 is 0 Å². The van der Waals surface area contributed by atoms with E-state index in [0.29, 0.717) is 0 Å². The summed E-state index contributed by atoms with van der Waals surface area (Å²) >= 11 is 2.04. The average molecular weight is 251 g/mol. The van der Waals surface area contributed by atoms with Crippen LogP contribution in [0.5, 0.6) is 0 Å². The zero-order chi connectivity index (χ0) is 12.1. The summed E-state index contributed by atoms with van der Waals surface area (Å²) in [7, 11) is 0. The molecule has 96 valence electrons. The summed E-state index contributed by atoms with van der Waals surface area (Å²) in [6.07, 6.45) is 9.24. The Labute approximate surface area is 110 Å². The first-order valence-corrected chi connectivity index (χ1v) is 7.99. The smallest absolute Gasteiger partial charge is 0.0302 e. The van der Waals surface area contributed by atoms with E-state index in [2.05, 4.69) is 25.2 Å². The molecule has 2 heteroatoms. The van der Waals surface area contributed by atoms with Crippen LogP contribution in [0.4, 0.5) is 0 Å². The van der Waals surface area contributed by atoms with E-state index in [-0.39, 0.29) is 0 Å². The number of hydrogen-bond acceptors (Lipinski definition) is 2. The minimum Gasteiger partial charge on any atom is -0.309 e. The van der Waals surface area contributed by atoms with Crippen LogP contribution in [0.1, 0.15) is 61.3 Å². The summed E-state index contributed by atoms with van der Waals surface area (Å²) in [5, 5.41) is 3.74. The molecule has 17 heavy (non-hydrogen) atoms. The molecule has 0 unspecified atom stereocenters. The molecule has 0 fully saturated rings. The zero-order valence-corrected chi connectivity index (χ0v) is 12.0. The Balaban J connectivity index is 1.83. The average Bonchev–Trinajstić information content (AvgIpc) is 2.86. The van der Waals surface area contributed by atoms with Gasteiger partial charge >= 0.3 is 0 Å². The van der Waals surface area contributed by atoms with Crippen molar-refractivity contribution in [3.05, 3.63) is 21.4 Å². The molecular weight excluding hydrogens is 226 g/mol. The van der Waals surface area contributed by atoms with Crippen molar-refractivity contribution >= 4 is 11.3 Å². The van der Waals surface area contributed by atoms with Gasteiger partial charge in [0.1, 0.15) is 0 Å². The first kappa shape index (κ1) is 13.1. The molecule has 0 radical (unpaired) electrons. The maximum absolute atomic E-state index is 3.74. The van der Waals surface area contributed by atoms with Gasteiger partial charge in [-0.15, -0.1) is 11.3 Å². The third kappa shape index (κ3) is 3.56. The highest BCUT2D eigenvalue weighted by Crippen LogP contribution is 2.30. The van der Waals surface area contributed by atoms with E-state index < -0.39 is 0 Å². The molecule has 0 amide bonds. The SMILES string of the molecule is CCCC(CCC)NCc1cc2c(s1)CCC2. The Bertz CT molecular complexity index is 315. The highest BCUT2D eigenvalue weighted by molar-refractivity contribution is 7.12. The molecule has 1 N–H and O–H groups in total. The highest BCUT2D eigenvalue weighted by atomic mass is 32.1. The van der Waals surface area contributed by atoms with E-state index >= 15 is 0 Å². The van der Waals surface area contributed by atoms with Crippen molar-refractivity contribution in [2.24, 2.45) is 0 Å². The van der Waals surface area contributed by atoms with Crippen LogP contribution in [0, 0.1) is 0 Å². The third-order valence-corrected chi connectivity index (χ3v) is 4.87. The van der Waals surface area contributed by atoms with E-state index in [4.69, 9.17) is 0 Å². The summed E-state index contributed by atoms with van der Waals surface area (Å²) in [6, 6.07) is 3.16. The lowest BCUT2D eigenvalue weighted by Gasteiger charge is -2.16. The van der Waals surface area contributed by atoms with Gasteiger partial charge < -0.3 is 5.32 Å². The molecule has 0 aromatic carbocycles. The standard InChI is InChI=1S/C15H25NS/c1-3-6-13(7-4-2)16-11-14-10-12-8-5-9-15(12)17-14/h10,13,16H,3-9,11H2,1-2H3. The van der Waals surface area contributed by atoms with Crippen LogP contribution < -0.4 is 5.32 Å². The van der Waals surface area contributed by atoms with Crippen molar-refractivity contribution in [1.29, 1.82) is 0 Å². The molecule has 1 aromatic heterocycles. The monoisotopic (exact) mass is 251 g/mol. The van der Waals surface area contributed by atoms with E-state index in [0.717, 1.165) is 12.6 Å². The number of nitrogens with one attached hydrogen (secondary N) is 1. The second-order valence-corrected chi connectivity index (χ2v) is 6.39. The van der Waals surface area contributed by atoms with Crippen LogP contribution in [0.2, 0.25) is 0 Å². The lowest BCUT2D eigenvalue weighted by Crippen LogP contribution is -2.27. The second-order valence-electron chi connectivity index (χ2n) is 5.17. The molecule has 0 saturated carbocycles. The first-order valence-electron chi connectivity index (χ1n) is 7.17. The van der Waals surface area contributed by atoms with Gasteiger partial charge in [0.15, 0.2) is 0 Å². The van der Waals surface area contributed by atoms with Gasteiger partial charge in [0.2, 0.25) is 0 Å². The Morgan fingerprint density at radius 1 is 1.24 bits per heavy atom. The predicted molar refractivity (Wildman–Crippen MR) is 76.8 cm³/mol. The van der Waals surface area contributed by atoms with Gasteiger partial charge in [-0.25, -0.2) is 0 Å². The van der Waals surface area contributed by atoms with Crippen molar-refractivity contribution in [2.45, 2.75) is 71.4 Å². The fraction of sp³-hybridized carbons (Fsp3) is 0.733. The van der Waals surface area contributed by atoms with Gasteiger partial charge in [0.25, 0.3) is 0 Å². The molecule has 1 aliphatic rings. The normalized spacial score (nSPS) is 14.5. The van der Waals surface area contributed by atoms with Gasteiger partial charge in [-0.05, 0) is 43.7 Å². The molecule has 0 saturated heterocycles. The van der Waals surface area contributed by atoms with Crippen LogP contribution in [0.15, 0.2) is 6.07 Å². The van der Waals surface area contributed by atoms with E-state index in [1.807, 2.05) is 11.3 Å². The number of fused-ring (bicyclic) bond motifs is 1. The molecule has 0 aliphatic heterocycles. The van der Waals surface area contributed by atoms with Crippen LogP contribution in [0.25, 0.3) is 0 Å². The van der Waals surface area contributed by atoms with Crippen molar-refractivity contribution in [2.75, 3.05) is 0 Å². The second kappa shape index (κ2) is 6.55. The summed E-state index contributed by atoms with van der Waals surface area (Å²) in [6.45, 7) is 5.65. The van der Waals surface area contributed by atoms with Gasteiger partial charge in [-0.3, -0.25) is 0 Å². The molecule has 1 heterocycles. The van der Waals surface area contributed by atoms with Crippen molar-refractivity contribution in [3.63, 3.8) is 0 Å². The lowest BCUT2D eigenvalue weighted by molar-refractivity contribution is 0.445. The number of rotatable bonds is 7. The molecule has 0 spiro atoms.